The zero-order valence-electron chi connectivity index (χ0n) is 15.7. The SMILES string of the molecule is COc1ccccc1-c1nc(COC(=O)CCn2c(=O)oc3ccccc32)cs1. The van der Waals surface area contributed by atoms with Crippen LogP contribution in [0.5, 0.6) is 5.75 Å². The first-order valence-electron chi connectivity index (χ1n) is 8.97. The van der Waals surface area contributed by atoms with Gasteiger partial charge in [0.05, 0.1) is 30.3 Å². The molecule has 0 aliphatic heterocycles. The lowest BCUT2D eigenvalue weighted by atomic mass is 10.2. The van der Waals surface area contributed by atoms with Gasteiger partial charge in [0.25, 0.3) is 0 Å². The summed E-state index contributed by atoms with van der Waals surface area (Å²) in [6.07, 6.45) is 0.0624. The Balaban J connectivity index is 1.36. The lowest BCUT2D eigenvalue weighted by Crippen LogP contribution is -2.17. The number of nitrogens with zero attached hydrogens (tertiary/aromatic N) is 2. The minimum absolute atomic E-state index is 0.0624. The van der Waals surface area contributed by atoms with E-state index in [1.54, 1.807) is 25.3 Å². The summed E-state index contributed by atoms with van der Waals surface area (Å²) in [7, 11) is 1.61. The standard InChI is InChI=1S/C21H18N2O5S/c1-26-17-8-4-2-6-15(17)20-22-14(13-29-20)12-27-19(24)10-11-23-16-7-3-5-9-18(16)28-21(23)25/h2-9,13H,10-12H2,1H3. The first kappa shape index (κ1) is 18.9. The fourth-order valence-corrected chi connectivity index (χ4v) is 3.81. The summed E-state index contributed by atoms with van der Waals surface area (Å²) in [6, 6.07) is 14.7. The number of methoxy groups -OCH3 is 1. The van der Waals surface area contributed by atoms with Crippen molar-refractivity contribution in [2.24, 2.45) is 0 Å². The number of rotatable bonds is 7. The molecule has 7 nitrogen and oxygen atoms in total. The minimum atomic E-state index is -0.486. The van der Waals surface area contributed by atoms with E-state index in [1.807, 2.05) is 35.7 Å². The van der Waals surface area contributed by atoms with E-state index in [2.05, 4.69) is 4.98 Å². The van der Waals surface area contributed by atoms with Crippen LogP contribution in [0.1, 0.15) is 12.1 Å². The van der Waals surface area contributed by atoms with E-state index in [9.17, 15) is 9.59 Å². The number of carbonyl (C=O) groups excluding carboxylic acids is 1. The molecule has 0 saturated heterocycles. The summed E-state index contributed by atoms with van der Waals surface area (Å²) < 4.78 is 17.3. The van der Waals surface area contributed by atoms with Gasteiger partial charge in [-0.25, -0.2) is 9.78 Å². The van der Waals surface area contributed by atoms with Crippen LogP contribution in [0.15, 0.2) is 63.1 Å². The molecule has 2 aromatic carbocycles. The monoisotopic (exact) mass is 410 g/mol. The van der Waals surface area contributed by atoms with E-state index in [0.717, 1.165) is 16.3 Å². The van der Waals surface area contributed by atoms with Gasteiger partial charge >= 0.3 is 11.7 Å². The number of oxazole rings is 1. The first-order chi connectivity index (χ1) is 14.2. The van der Waals surface area contributed by atoms with Crippen LogP contribution in [0, 0.1) is 0 Å². The molecule has 8 heteroatoms. The summed E-state index contributed by atoms with van der Waals surface area (Å²) in [5, 5.41) is 2.65. The van der Waals surface area contributed by atoms with Crippen LogP contribution in [-0.4, -0.2) is 22.6 Å². The van der Waals surface area contributed by atoms with Gasteiger partial charge in [0.2, 0.25) is 0 Å². The van der Waals surface area contributed by atoms with Crippen molar-refractivity contribution in [1.29, 1.82) is 0 Å². The van der Waals surface area contributed by atoms with E-state index in [-0.39, 0.29) is 19.6 Å². The molecule has 0 saturated carbocycles. The van der Waals surface area contributed by atoms with Crippen molar-refractivity contribution in [2.75, 3.05) is 7.11 Å². The van der Waals surface area contributed by atoms with Crippen molar-refractivity contribution >= 4 is 28.4 Å². The van der Waals surface area contributed by atoms with Crippen molar-refractivity contribution in [1.82, 2.24) is 9.55 Å². The molecule has 0 aliphatic rings. The number of para-hydroxylation sites is 3. The Bertz CT molecular complexity index is 1210. The number of ether oxygens (including phenoxy) is 2. The summed E-state index contributed by atoms with van der Waals surface area (Å²) in [6.45, 7) is 0.268. The lowest BCUT2D eigenvalue weighted by Gasteiger charge is -2.05. The molecule has 0 N–H and O–H groups in total. The summed E-state index contributed by atoms with van der Waals surface area (Å²) >= 11 is 1.46. The van der Waals surface area contributed by atoms with E-state index in [1.165, 1.54) is 15.9 Å². The molecule has 0 radical (unpaired) electrons. The molecule has 2 aromatic heterocycles. The minimum Gasteiger partial charge on any atom is -0.496 e. The number of hydrogen-bond acceptors (Lipinski definition) is 7. The molecular weight excluding hydrogens is 392 g/mol. The molecule has 0 bridgehead atoms. The van der Waals surface area contributed by atoms with E-state index in [4.69, 9.17) is 13.9 Å². The van der Waals surface area contributed by atoms with Crippen LogP contribution in [0.25, 0.3) is 21.7 Å². The molecule has 2 heterocycles. The number of fused-ring (bicyclic) bond motifs is 1. The van der Waals surface area contributed by atoms with Crippen LogP contribution in [0.4, 0.5) is 0 Å². The maximum atomic E-state index is 12.1. The Morgan fingerprint density at radius 2 is 1.97 bits per heavy atom. The Morgan fingerprint density at radius 1 is 1.17 bits per heavy atom. The Kier molecular flexibility index (Phi) is 5.44. The van der Waals surface area contributed by atoms with Gasteiger partial charge in [-0.15, -0.1) is 11.3 Å². The molecular formula is C21H18N2O5S. The normalized spacial score (nSPS) is 10.9. The zero-order valence-corrected chi connectivity index (χ0v) is 16.5. The van der Waals surface area contributed by atoms with Crippen molar-refractivity contribution < 1.29 is 18.7 Å². The second kappa shape index (κ2) is 8.32. The van der Waals surface area contributed by atoms with Crippen LogP contribution in [-0.2, 0) is 22.7 Å². The molecule has 0 fully saturated rings. The maximum absolute atomic E-state index is 12.1. The number of aromatic nitrogens is 2. The van der Waals surface area contributed by atoms with Gasteiger partial charge in [-0.3, -0.25) is 9.36 Å². The second-order valence-electron chi connectivity index (χ2n) is 6.24. The van der Waals surface area contributed by atoms with Gasteiger partial charge in [0.1, 0.15) is 17.4 Å². The molecule has 0 atom stereocenters. The third-order valence-electron chi connectivity index (χ3n) is 4.38. The van der Waals surface area contributed by atoms with Crippen molar-refractivity contribution in [2.45, 2.75) is 19.6 Å². The molecule has 0 aliphatic carbocycles. The number of carbonyl (C=O) groups is 1. The third-order valence-corrected chi connectivity index (χ3v) is 5.31. The summed E-state index contributed by atoms with van der Waals surface area (Å²) in [4.78, 5) is 28.6. The van der Waals surface area contributed by atoms with Gasteiger partial charge in [-0.1, -0.05) is 24.3 Å². The molecule has 148 valence electrons. The molecule has 0 unspecified atom stereocenters. The molecule has 4 rings (SSSR count). The number of aryl methyl sites for hydroxylation is 1. The fraction of sp³-hybridized carbons (Fsp3) is 0.190. The van der Waals surface area contributed by atoms with Crippen molar-refractivity contribution in [3.63, 3.8) is 0 Å². The Morgan fingerprint density at radius 3 is 2.83 bits per heavy atom. The van der Waals surface area contributed by atoms with E-state index >= 15 is 0 Å². The van der Waals surface area contributed by atoms with E-state index in [0.29, 0.717) is 16.8 Å². The van der Waals surface area contributed by atoms with Gasteiger partial charge in [-0.2, -0.15) is 0 Å². The highest BCUT2D eigenvalue weighted by Gasteiger charge is 2.13. The highest BCUT2D eigenvalue weighted by Crippen LogP contribution is 2.31. The topological polar surface area (TPSA) is 83.6 Å². The average molecular weight is 410 g/mol. The van der Waals surface area contributed by atoms with Crippen LogP contribution in [0.2, 0.25) is 0 Å². The Hall–Kier alpha value is -3.39. The summed E-state index contributed by atoms with van der Waals surface area (Å²) in [5.41, 5.74) is 2.71. The molecule has 29 heavy (non-hydrogen) atoms. The van der Waals surface area contributed by atoms with Crippen molar-refractivity contribution in [3.8, 4) is 16.3 Å². The third kappa shape index (κ3) is 4.07. The molecule has 4 aromatic rings. The maximum Gasteiger partial charge on any atom is 0.419 e. The van der Waals surface area contributed by atoms with Crippen LogP contribution in [0.3, 0.4) is 0 Å². The Labute approximate surface area is 170 Å². The average Bonchev–Trinajstić information content (AvgIpc) is 3.34. The zero-order chi connectivity index (χ0) is 20.2. The highest BCUT2D eigenvalue weighted by molar-refractivity contribution is 7.13. The number of thiazole rings is 1. The fourth-order valence-electron chi connectivity index (χ4n) is 2.97. The molecule has 0 amide bonds. The van der Waals surface area contributed by atoms with Gasteiger partial charge in [0.15, 0.2) is 5.58 Å². The van der Waals surface area contributed by atoms with Crippen LogP contribution >= 0.6 is 11.3 Å². The van der Waals surface area contributed by atoms with Crippen LogP contribution < -0.4 is 10.5 Å². The number of benzene rings is 2. The lowest BCUT2D eigenvalue weighted by molar-refractivity contribution is -0.145. The van der Waals surface area contributed by atoms with Crippen molar-refractivity contribution in [3.05, 3.63) is 70.2 Å². The summed E-state index contributed by atoms with van der Waals surface area (Å²) in [5.74, 6) is -0.155. The molecule has 0 spiro atoms. The smallest absolute Gasteiger partial charge is 0.419 e. The van der Waals surface area contributed by atoms with Gasteiger partial charge < -0.3 is 13.9 Å². The highest BCUT2D eigenvalue weighted by atomic mass is 32.1. The van der Waals surface area contributed by atoms with Gasteiger partial charge in [0, 0.05) is 11.9 Å². The van der Waals surface area contributed by atoms with Gasteiger partial charge in [-0.05, 0) is 24.3 Å². The second-order valence-corrected chi connectivity index (χ2v) is 7.10. The largest absolute Gasteiger partial charge is 0.496 e. The quantitative estimate of drug-likeness (QED) is 0.430. The number of hydrogen-bond donors (Lipinski definition) is 0. The first-order valence-corrected chi connectivity index (χ1v) is 9.85. The predicted molar refractivity (Wildman–Crippen MR) is 109 cm³/mol. The van der Waals surface area contributed by atoms with E-state index < -0.39 is 11.7 Å². The predicted octanol–water partition coefficient (Wildman–Crippen LogP) is 3.86. The number of esters is 1.